The maximum Gasteiger partial charge on any atom is 0.0640 e. The summed E-state index contributed by atoms with van der Waals surface area (Å²) >= 11 is 11.4. The summed E-state index contributed by atoms with van der Waals surface area (Å²) in [6, 6.07) is 11.9. The van der Waals surface area contributed by atoms with Crippen molar-refractivity contribution in [1.82, 2.24) is 0 Å². The van der Waals surface area contributed by atoms with Crippen LogP contribution in [0.2, 0.25) is 0 Å². The molecule has 0 atom stereocenters. The topological polar surface area (TPSA) is 27.0 Å². The van der Waals surface area contributed by atoms with E-state index in [4.69, 9.17) is 28.5 Å². The lowest BCUT2D eigenvalue weighted by Gasteiger charge is -2.23. The summed E-state index contributed by atoms with van der Waals surface area (Å²) in [6.07, 6.45) is 0.460. The van der Waals surface area contributed by atoms with Gasteiger partial charge in [-0.2, -0.15) is 5.26 Å². The van der Waals surface area contributed by atoms with Crippen LogP contribution in [0.3, 0.4) is 0 Å². The van der Waals surface area contributed by atoms with Crippen molar-refractivity contribution in [3.8, 4) is 6.07 Å². The number of benzene rings is 1. The fourth-order valence-electron chi connectivity index (χ4n) is 1.34. The summed E-state index contributed by atoms with van der Waals surface area (Å²) in [5.74, 6) is 0. The zero-order chi connectivity index (χ0) is 11.8. The fourth-order valence-corrected chi connectivity index (χ4v) is 1.55. The highest BCUT2D eigenvalue weighted by Crippen LogP contribution is 2.17. The zero-order valence-electron chi connectivity index (χ0n) is 8.74. The van der Waals surface area contributed by atoms with E-state index < -0.39 is 0 Å². The van der Waals surface area contributed by atoms with E-state index in [0.717, 1.165) is 5.69 Å². The Bertz CT molecular complexity index is 382. The lowest BCUT2D eigenvalue weighted by atomic mass is 10.2. The van der Waals surface area contributed by atoms with Crippen LogP contribution < -0.4 is 4.90 Å². The number of para-hydroxylation sites is 1. The molecule has 0 aliphatic heterocycles. The van der Waals surface area contributed by atoms with Crippen LogP contribution in [0, 0.1) is 11.3 Å². The second kappa shape index (κ2) is 7.16. The van der Waals surface area contributed by atoms with E-state index in [2.05, 4.69) is 6.07 Å². The highest BCUT2D eigenvalue weighted by atomic mass is 35.5. The summed E-state index contributed by atoms with van der Waals surface area (Å²) in [6.45, 7) is 1.16. The first kappa shape index (κ1) is 12.9. The van der Waals surface area contributed by atoms with E-state index in [1.165, 1.54) is 5.54 Å². The van der Waals surface area contributed by atoms with Crippen molar-refractivity contribution in [3.05, 3.63) is 40.9 Å². The zero-order valence-corrected chi connectivity index (χ0v) is 10.2. The average Bonchev–Trinajstić information content (AvgIpc) is 2.35. The molecule has 1 rings (SSSR count). The van der Waals surface area contributed by atoms with E-state index in [-0.39, 0.29) is 0 Å². The fraction of sp³-hybridized carbons (Fsp3) is 0.250. The molecule has 1 aromatic carbocycles. The van der Waals surface area contributed by atoms with Gasteiger partial charge >= 0.3 is 0 Å². The van der Waals surface area contributed by atoms with Crippen LogP contribution in [0.15, 0.2) is 40.9 Å². The molecule has 0 saturated carbocycles. The van der Waals surface area contributed by atoms with E-state index in [1.807, 2.05) is 35.2 Å². The molecule has 0 fully saturated rings. The summed E-state index contributed by atoms with van der Waals surface area (Å²) in [5.41, 5.74) is 2.39. The number of hydrogen-bond donors (Lipinski definition) is 0. The molecule has 0 bridgehead atoms. The van der Waals surface area contributed by atoms with Crippen molar-refractivity contribution in [2.45, 2.75) is 6.42 Å². The molecule has 0 N–H and O–H groups in total. The molecule has 0 aliphatic rings. The summed E-state index contributed by atoms with van der Waals surface area (Å²) in [7, 11) is 0. The van der Waals surface area contributed by atoms with Gasteiger partial charge in [-0.1, -0.05) is 41.4 Å². The highest BCUT2D eigenvalue weighted by molar-refractivity contribution is 6.36. The summed E-state index contributed by atoms with van der Waals surface area (Å²) < 4.78 is 0. The van der Waals surface area contributed by atoms with Crippen molar-refractivity contribution in [1.29, 1.82) is 5.26 Å². The monoisotopic (exact) mass is 254 g/mol. The van der Waals surface area contributed by atoms with Crippen LogP contribution in [-0.2, 0) is 0 Å². The number of nitrogens with zero attached hydrogens (tertiary/aromatic N) is 2. The maximum absolute atomic E-state index is 8.60. The van der Waals surface area contributed by atoms with Gasteiger partial charge in [-0.05, 0) is 12.1 Å². The first-order chi connectivity index (χ1) is 7.77. The third-order valence-electron chi connectivity index (χ3n) is 2.08. The Morgan fingerprint density at radius 3 is 2.62 bits per heavy atom. The van der Waals surface area contributed by atoms with Gasteiger partial charge in [0.15, 0.2) is 0 Å². The lowest BCUT2D eigenvalue weighted by Crippen LogP contribution is -2.25. The molecule has 0 spiro atoms. The maximum atomic E-state index is 8.60. The number of rotatable bonds is 5. The van der Waals surface area contributed by atoms with Crippen molar-refractivity contribution >= 4 is 28.9 Å². The van der Waals surface area contributed by atoms with Crippen LogP contribution in [-0.4, -0.2) is 13.1 Å². The summed E-state index contributed by atoms with van der Waals surface area (Å²) in [4.78, 5) is 2.02. The lowest BCUT2D eigenvalue weighted by molar-refractivity contribution is 0.853. The van der Waals surface area contributed by atoms with Crippen LogP contribution >= 0.6 is 23.2 Å². The number of halogens is 2. The molecule has 0 aliphatic carbocycles. The van der Waals surface area contributed by atoms with Gasteiger partial charge in [-0.25, -0.2) is 0 Å². The van der Waals surface area contributed by atoms with Crippen LogP contribution in [0.4, 0.5) is 5.69 Å². The molecular weight excluding hydrogens is 243 g/mol. The number of anilines is 1. The Hall–Kier alpha value is -1.17. The van der Waals surface area contributed by atoms with Gasteiger partial charge in [0, 0.05) is 22.8 Å². The van der Waals surface area contributed by atoms with Gasteiger partial charge in [-0.3, -0.25) is 0 Å². The largest absolute Gasteiger partial charge is 0.365 e. The van der Waals surface area contributed by atoms with Crippen molar-refractivity contribution < 1.29 is 0 Å². The molecule has 2 nitrogen and oxygen atoms in total. The van der Waals surface area contributed by atoms with Gasteiger partial charge in [0.1, 0.15) is 0 Å². The SMILES string of the molecule is N#CCCN(CC(Cl)=CCl)c1ccccc1. The Balaban J connectivity index is 2.76. The molecule has 1 aromatic rings. The molecule has 0 saturated heterocycles. The minimum absolute atomic E-state index is 0.460. The second-order valence-corrected chi connectivity index (χ2v) is 3.92. The predicted molar refractivity (Wildman–Crippen MR) is 68.7 cm³/mol. The van der Waals surface area contributed by atoms with Crippen LogP contribution in [0.1, 0.15) is 6.42 Å². The number of hydrogen-bond acceptors (Lipinski definition) is 2. The Morgan fingerprint density at radius 2 is 2.06 bits per heavy atom. The van der Waals surface area contributed by atoms with Crippen LogP contribution in [0.5, 0.6) is 0 Å². The molecule has 16 heavy (non-hydrogen) atoms. The van der Waals surface area contributed by atoms with E-state index in [1.54, 1.807) is 0 Å². The molecule has 84 valence electrons. The smallest absolute Gasteiger partial charge is 0.0640 e. The van der Waals surface area contributed by atoms with Gasteiger partial charge < -0.3 is 4.90 Å². The summed E-state index contributed by atoms with van der Waals surface area (Å²) in [5, 5.41) is 9.16. The van der Waals surface area contributed by atoms with Gasteiger partial charge in [0.05, 0.1) is 19.0 Å². The van der Waals surface area contributed by atoms with Gasteiger partial charge in [0.2, 0.25) is 0 Å². The van der Waals surface area contributed by atoms with Crippen molar-refractivity contribution in [3.63, 3.8) is 0 Å². The molecule has 0 radical (unpaired) electrons. The van der Waals surface area contributed by atoms with E-state index in [0.29, 0.717) is 24.5 Å². The standard InChI is InChI=1S/C12H12Cl2N2/c13-9-11(14)10-16(8-4-7-15)12-5-2-1-3-6-12/h1-3,5-6,9H,4,8,10H2. The number of nitriles is 1. The van der Waals surface area contributed by atoms with Crippen LogP contribution in [0.25, 0.3) is 0 Å². The molecule has 0 heterocycles. The molecule has 0 aromatic heterocycles. The molecule has 0 amide bonds. The van der Waals surface area contributed by atoms with Gasteiger partial charge in [0.25, 0.3) is 0 Å². The molecule has 0 unspecified atom stereocenters. The van der Waals surface area contributed by atoms with E-state index >= 15 is 0 Å². The minimum Gasteiger partial charge on any atom is -0.365 e. The van der Waals surface area contributed by atoms with E-state index in [9.17, 15) is 0 Å². The Morgan fingerprint density at radius 1 is 1.38 bits per heavy atom. The highest BCUT2D eigenvalue weighted by Gasteiger charge is 2.06. The minimum atomic E-state index is 0.460. The first-order valence-corrected chi connectivity index (χ1v) is 5.71. The molecule has 4 heteroatoms. The van der Waals surface area contributed by atoms with Crippen molar-refractivity contribution in [2.24, 2.45) is 0 Å². The molecular formula is C12H12Cl2N2. The van der Waals surface area contributed by atoms with Gasteiger partial charge in [-0.15, -0.1) is 0 Å². The Kier molecular flexibility index (Phi) is 5.77. The second-order valence-electron chi connectivity index (χ2n) is 3.22. The average molecular weight is 255 g/mol. The van der Waals surface area contributed by atoms with Crippen molar-refractivity contribution in [2.75, 3.05) is 18.0 Å². The third kappa shape index (κ3) is 4.14. The predicted octanol–water partition coefficient (Wildman–Crippen LogP) is 3.73. The normalized spacial score (nSPS) is 10.9. The first-order valence-electron chi connectivity index (χ1n) is 4.89. The Labute approximate surface area is 106 Å². The third-order valence-corrected chi connectivity index (χ3v) is 2.68. The quantitative estimate of drug-likeness (QED) is 0.801.